The molecule has 32 heteroatoms. The van der Waals surface area contributed by atoms with Gasteiger partial charge in [-0.15, -0.1) is 10.9 Å². The van der Waals surface area contributed by atoms with Crippen LogP contribution in [0.2, 0.25) is 0 Å². The van der Waals surface area contributed by atoms with E-state index in [0.29, 0.717) is 11.6 Å². The molecule has 0 bridgehead atoms. The molecule has 0 radical (unpaired) electrons. The summed E-state index contributed by atoms with van der Waals surface area (Å²) in [5.41, 5.74) is 29.3. The number of rotatable bonds is 10. The van der Waals surface area contributed by atoms with E-state index in [1.165, 1.54) is 79.9 Å². The smallest absolute Gasteiger partial charge is 0.902 e. The first-order valence-electron chi connectivity index (χ1n) is 35.7. The van der Waals surface area contributed by atoms with Gasteiger partial charge in [0.05, 0.1) is 10.9 Å². The van der Waals surface area contributed by atoms with Gasteiger partial charge in [0.15, 0.2) is 0 Å². The van der Waals surface area contributed by atoms with E-state index in [2.05, 4.69) is 143 Å². The SMILES string of the molecule is Cc1ccc(C)c(-c2ccc(C(=O)[O-])cc2)c1.Cc1ccc(C)c(-c2ccc(P(=O)([O-])[O-])cc2)c1.Cc1ccc(C)c(-c2ccc(S(=O)(=O)[O-])cc2)c1.Cc1ccc(C)c(-c2ccc([O-])cc2)c1.Cc1ccc(C)c(-c2ccc([S-])cc2)c1.Cc1ccc(C)c(-c2n[c-]nc([O-])n2)c1.Cc1ccc(C)c(-c2n[c-]nc([S-])n2)c1.[Li+].[Li+].[Li+].[Li+].[Li+].[Li+].[Li+].[Li+].[Li+].[Li+].[OH-].[SH-]. The predicted molar refractivity (Wildman–Crippen MR) is 454 cm³/mol. The zero-order chi connectivity index (χ0) is 82.4. The molecule has 0 saturated heterocycles. The summed E-state index contributed by atoms with van der Waals surface area (Å²) in [5.74, 6) is -0.103. The maximum Gasteiger partial charge on any atom is 1.00 e. The van der Waals surface area contributed by atoms with Crippen molar-refractivity contribution in [2.24, 2.45) is 0 Å². The number of thiol groups is 1. The van der Waals surface area contributed by atoms with E-state index in [1.807, 2.05) is 172 Å². The summed E-state index contributed by atoms with van der Waals surface area (Å²) in [7, 11) is -9.02. The second-order valence-corrected chi connectivity index (χ2v) is 31.0. The quantitative estimate of drug-likeness (QED) is 0.0307. The van der Waals surface area contributed by atoms with Crippen LogP contribution in [-0.4, -0.2) is 54.3 Å². The number of nitrogens with zero attached hydrogens (tertiary/aromatic N) is 6. The maximum absolute atomic E-state index is 11.0. The minimum Gasteiger partial charge on any atom is -0.902 e. The Bertz CT molecular complexity index is 5660. The second-order valence-electron chi connectivity index (χ2n) is 27.2. The summed E-state index contributed by atoms with van der Waals surface area (Å²) in [5, 5.41) is 32.7. The van der Waals surface area contributed by atoms with E-state index < -0.39 is 29.7 Å². The van der Waals surface area contributed by atoms with Gasteiger partial charge in [-0.3, -0.25) is 0 Å². The standard InChI is InChI=1S/C15H14O2.C14H15O3P.C14H14O3S.C14H14O.C14H14S.C11H10N3O.C11H10N3S.10Li.H2O.H2S/c1-10-3-4-11(2)14(9-10)12-5-7-13(8-6-12)15(16)17;2*1-10-3-4-11(2)14(9-10)12-5-7-13(8-6-12)18(15,16)17;2*1-10-3-4-11(2)14(9-10)12-5-7-13(15)8-6-12;2*1-7-3-4-8(2)9(5-7)10-12-6-13-11(15)14-10;;;;;;;;;;;;/h3-9H,1-2H3,(H,16,17);3-9H,1-2H3,(H2,15,16,17);3-9H,1-2H3,(H,15,16,17);2*3-9,15H,1-2H3;2*3-5H,1-2H3,(H,12,13,14,15);;;;;;;;;;;2*1H2/q;;;;;2*-1;10*+1;;/p-10. The van der Waals surface area contributed by atoms with Gasteiger partial charge in [0, 0.05) is 24.3 Å². The van der Waals surface area contributed by atoms with Crippen LogP contribution in [0.4, 0.5) is 0 Å². The third kappa shape index (κ3) is 40.4. The summed E-state index contributed by atoms with van der Waals surface area (Å²) in [6.07, 6.45) is 4.81. The molecule has 2 heterocycles. The van der Waals surface area contributed by atoms with Gasteiger partial charge in [-0.25, -0.2) is 8.42 Å². The summed E-state index contributed by atoms with van der Waals surface area (Å²) in [6, 6.07) is 76.7. The van der Waals surface area contributed by atoms with E-state index in [-0.39, 0.29) is 234 Å². The van der Waals surface area contributed by atoms with Gasteiger partial charge in [-0.05, 0) is 222 Å². The van der Waals surface area contributed by atoms with E-state index in [1.54, 1.807) is 48.5 Å². The van der Waals surface area contributed by atoms with Crippen molar-refractivity contribution in [2.45, 2.75) is 112 Å². The van der Waals surface area contributed by atoms with E-state index in [0.717, 1.165) is 93.9 Å². The fraction of sp³-hybridized carbons (Fsp3) is 0.151. The van der Waals surface area contributed by atoms with Crippen LogP contribution in [0.25, 0.3) is 78.4 Å². The predicted octanol–water partition coefficient (Wildman–Crippen LogP) is -13.9. The zero-order valence-corrected chi connectivity index (χ0v) is 80.2. The Labute approximate surface area is 875 Å². The number of carboxylic acids is 1. The molecule has 1 N–H and O–H groups in total. The van der Waals surface area contributed by atoms with Crippen molar-refractivity contribution in [2.75, 3.05) is 0 Å². The minimum atomic E-state index is -4.65. The van der Waals surface area contributed by atoms with Crippen molar-refractivity contribution >= 4 is 67.7 Å². The molecule has 0 amide bonds. The van der Waals surface area contributed by atoms with Crippen LogP contribution in [0.3, 0.4) is 0 Å². The van der Waals surface area contributed by atoms with Gasteiger partial charge in [-0.2, -0.15) is 4.90 Å². The molecule has 17 nitrogen and oxygen atoms in total. The van der Waals surface area contributed by atoms with Crippen molar-refractivity contribution < 1.29 is 242 Å². The fourth-order valence-corrected chi connectivity index (χ4v) is 12.9. The number of aromatic nitrogens is 6. The summed E-state index contributed by atoms with van der Waals surface area (Å²) >= 11 is 9.96. The molecule has 14 rings (SSSR count). The topological polar surface area (TPSA) is 314 Å². The number of carbonyl (C=O) groups is 1. The first-order valence-corrected chi connectivity index (χ1v) is 39.4. The van der Waals surface area contributed by atoms with Crippen LogP contribution in [0.15, 0.2) is 264 Å². The molecule has 125 heavy (non-hydrogen) atoms. The third-order valence-corrected chi connectivity index (χ3v) is 20.2. The summed E-state index contributed by atoms with van der Waals surface area (Å²) in [6.45, 7) is 28.5. The number of hydrogen-bond donors (Lipinski definition) is 0. The molecule has 0 spiro atoms. The number of aromatic carboxylic acids is 1. The fourth-order valence-electron chi connectivity index (χ4n) is 11.6. The normalized spacial score (nSPS) is 9.64. The van der Waals surface area contributed by atoms with Crippen LogP contribution in [0.5, 0.6) is 11.8 Å². The van der Waals surface area contributed by atoms with Crippen LogP contribution in [0.1, 0.15) is 88.2 Å². The van der Waals surface area contributed by atoms with E-state index in [9.17, 15) is 47.4 Å². The first-order chi connectivity index (χ1) is 53.5. The monoisotopic (exact) mass is 1690 g/mol. The molecule has 12 aromatic carbocycles. The zero-order valence-electron chi connectivity index (χ0n) is 76.0. The summed E-state index contributed by atoms with van der Waals surface area (Å²) < 4.78 is 43.4. The van der Waals surface area contributed by atoms with Crippen LogP contribution >= 0.6 is 7.60 Å². The Morgan fingerprint density at radius 2 is 0.592 bits per heavy atom. The largest absolute Gasteiger partial charge is 1.00 e. The van der Waals surface area contributed by atoms with Crippen molar-refractivity contribution in [1.82, 2.24) is 29.9 Å². The number of aryl methyl sites for hydroxylation is 14. The van der Waals surface area contributed by atoms with E-state index in [4.69, 9.17) is 25.3 Å². The van der Waals surface area contributed by atoms with Crippen molar-refractivity contribution in [3.63, 3.8) is 0 Å². The Hall–Kier alpha value is -5.49. The van der Waals surface area contributed by atoms with Crippen molar-refractivity contribution in [1.29, 1.82) is 0 Å². The Kier molecular flexibility index (Phi) is 62.7. The molecule has 2 aromatic heterocycles. The Morgan fingerprint density at radius 1 is 0.344 bits per heavy atom. The Morgan fingerprint density at radius 3 is 0.864 bits per heavy atom. The molecule has 0 saturated carbocycles. The number of hydrogen-bond acceptors (Lipinski definition) is 20. The van der Waals surface area contributed by atoms with Crippen molar-refractivity contribution in [3.05, 3.63) is 345 Å². The van der Waals surface area contributed by atoms with E-state index >= 15 is 0 Å². The van der Waals surface area contributed by atoms with Gasteiger partial charge >= 0.3 is 189 Å². The average molecular weight is 1690 g/mol. The van der Waals surface area contributed by atoms with Crippen LogP contribution < -0.4 is 219 Å². The molecule has 0 atom stereocenters. The van der Waals surface area contributed by atoms with Gasteiger partial charge in [-0.1, -0.05) is 293 Å². The minimum absolute atomic E-state index is 0. The number of carboxylic acid groups (broad SMARTS) is 1. The molecule has 14 aromatic rings. The van der Waals surface area contributed by atoms with Gasteiger partial charge in [0.2, 0.25) is 0 Å². The molecule has 0 aliphatic heterocycles. The molecule has 0 aliphatic carbocycles. The summed E-state index contributed by atoms with van der Waals surface area (Å²) in [4.78, 5) is 55.8. The van der Waals surface area contributed by atoms with Crippen LogP contribution in [0, 0.1) is 110 Å². The molecule has 0 unspecified atom stereocenters. The maximum atomic E-state index is 11.0. The first kappa shape index (κ1) is 128. The second kappa shape index (κ2) is 61.2. The van der Waals surface area contributed by atoms with Gasteiger partial charge in [0.1, 0.15) is 10.1 Å². The van der Waals surface area contributed by atoms with Gasteiger partial charge in [0.25, 0.3) is 0 Å². The van der Waals surface area contributed by atoms with Gasteiger partial charge < -0.3 is 113 Å². The molecular weight excluding hydrogens is 1610 g/mol. The number of benzene rings is 12. The van der Waals surface area contributed by atoms with Crippen molar-refractivity contribution in [3.8, 4) is 90.2 Å². The number of carbonyl (C=O) groups excluding carboxylic acids is 1. The average Bonchev–Trinajstić information content (AvgIpc) is 0.823. The molecule has 0 aliphatic rings. The van der Waals surface area contributed by atoms with Crippen LogP contribution in [-0.2, 0) is 53.4 Å². The molecular formula is C93H85Li10N6O11PS4-2. The Balaban J connectivity index is -0.000000441. The molecule has 594 valence electrons. The molecule has 0 fully saturated rings. The third-order valence-electron chi connectivity index (χ3n) is 18.0.